The van der Waals surface area contributed by atoms with Gasteiger partial charge in [-0.1, -0.05) is 6.07 Å². The lowest BCUT2D eigenvalue weighted by molar-refractivity contribution is 0.395. The highest BCUT2D eigenvalue weighted by Crippen LogP contribution is 2.33. The van der Waals surface area contributed by atoms with Crippen LogP contribution in [0, 0.1) is 0 Å². The van der Waals surface area contributed by atoms with Crippen LogP contribution >= 0.6 is 0 Å². The molecule has 2 aromatic rings. The van der Waals surface area contributed by atoms with Gasteiger partial charge in [0.15, 0.2) is 5.58 Å². The number of hydrogen-bond acceptors (Lipinski definition) is 3. The van der Waals surface area contributed by atoms with Gasteiger partial charge in [0.2, 0.25) is 0 Å². The van der Waals surface area contributed by atoms with Gasteiger partial charge in [0.25, 0.3) is 0 Å². The first-order valence-electron chi connectivity index (χ1n) is 6.50. The van der Waals surface area contributed by atoms with Gasteiger partial charge < -0.3 is 10.2 Å². The number of nitrogens with two attached hydrogens (primary N) is 1. The van der Waals surface area contributed by atoms with Gasteiger partial charge in [-0.15, -0.1) is 0 Å². The molecule has 0 atom stereocenters. The lowest BCUT2D eigenvalue weighted by Gasteiger charge is -2.26. The minimum atomic E-state index is -0.298. The van der Waals surface area contributed by atoms with E-state index in [9.17, 15) is 4.79 Å². The standard InChI is InChI=1S/C14H18N2O2/c1-16-12-7-4-10(8-13(12)18-14(16)17)9-2-5-11(15)6-3-9/h4,7-9,11H,2-3,5-6,15H2,1H3. The third kappa shape index (κ3) is 1.86. The fourth-order valence-electron chi connectivity index (χ4n) is 2.86. The molecule has 1 heterocycles. The molecule has 4 heteroatoms. The number of aryl methyl sites for hydroxylation is 1. The summed E-state index contributed by atoms with van der Waals surface area (Å²) >= 11 is 0. The molecule has 0 saturated heterocycles. The van der Waals surface area contributed by atoms with E-state index in [1.807, 2.05) is 12.1 Å². The van der Waals surface area contributed by atoms with Crippen molar-refractivity contribution in [1.82, 2.24) is 4.57 Å². The van der Waals surface area contributed by atoms with Crippen molar-refractivity contribution in [2.45, 2.75) is 37.6 Å². The van der Waals surface area contributed by atoms with E-state index in [1.54, 1.807) is 7.05 Å². The molecule has 0 radical (unpaired) electrons. The molecular weight excluding hydrogens is 228 g/mol. The van der Waals surface area contributed by atoms with Gasteiger partial charge >= 0.3 is 5.76 Å². The van der Waals surface area contributed by atoms with Crippen LogP contribution in [0.4, 0.5) is 0 Å². The van der Waals surface area contributed by atoms with E-state index >= 15 is 0 Å². The summed E-state index contributed by atoms with van der Waals surface area (Å²) in [5.41, 5.74) is 8.74. The van der Waals surface area contributed by atoms with Crippen LogP contribution in [0.25, 0.3) is 11.1 Å². The van der Waals surface area contributed by atoms with Crippen LogP contribution in [-0.4, -0.2) is 10.6 Å². The van der Waals surface area contributed by atoms with Gasteiger partial charge in [-0.25, -0.2) is 4.79 Å². The second-order valence-corrected chi connectivity index (χ2v) is 5.27. The maximum absolute atomic E-state index is 11.4. The fraction of sp³-hybridized carbons (Fsp3) is 0.500. The Morgan fingerprint density at radius 3 is 2.72 bits per heavy atom. The summed E-state index contributed by atoms with van der Waals surface area (Å²) in [5.74, 6) is 0.257. The highest BCUT2D eigenvalue weighted by molar-refractivity contribution is 5.73. The second-order valence-electron chi connectivity index (χ2n) is 5.27. The molecule has 18 heavy (non-hydrogen) atoms. The third-order valence-corrected chi connectivity index (χ3v) is 4.06. The molecule has 0 bridgehead atoms. The van der Waals surface area contributed by atoms with Crippen molar-refractivity contribution in [1.29, 1.82) is 0 Å². The third-order valence-electron chi connectivity index (χ3n) is 4.06. The quantitative estimate of drug-likeness (QED) is 0.838. The number of nitrogens with zero attached hydrogens (tertiary/aromatic N) is 1. The first kappa shape index (κ1) is 11.5. The summed E-state index contributed by atoms with van der Waals surface area (Å²) in [5, 5.41) is 0. The summed E-state index contributed by atoms with van der Waals surface area (Å²) in [6.45, 7) is 0. The number of oxazole rings is 1. The smallest absolute Gasteiger partial charge is 0.408 e. The van der Waals surface area contributed by atoms with Gasteiger partial charge in [-0.2, -0.15) is 0 Å². The van der Waals surface area contributed by atoms with Crippen LogP contribution in [0.5, 0.6) is 0 Å². The van der Waals surface area contributed by atoms with Crippen LogP contribution in [0.3, 0.4) is 0 Å². The van der Waals surface area contributed by atoms with Crippen molar-refractivity contribution in [2.24, 2.45) is 12.8 Å². The van der Waals surface area contributed by atoms with E-state index in [2.05, 4.69) is 6.07 Å². The molecule has 96 valence electrons. The molecule has 0 amide bonds. The number of fused-ring (bicyclic) bond motifs is 1. The molecule has 1 saturated carbocycles. The zero-order valence-electron chi connectivity index (χ0n) is 10.6. The molecule has 3 rings (SSSR count). The highest BCUT2D eigenvalue weighted by Gasteiger charge is 2.20. The van der Waals surface area contributed by atoms with Crippen LogP contribution in [0.2, 0.25) is 0 Å². The topological polar surface area (TPSA) is 61.2 Å². The van der Waals surface area contributed by atoms with Gasteiger partial charge in [0, 0.05) is 13.1 Å². The molecular formula is C14H18N2O2. The Balaban J connectivity index is 1.96. The molecule has 2 N–H and O–H groups in total. The van der Waals surface area contributed by atoms with Crippen LogP contribution in [0.1, 0.15) is 37.2 Å². The largest absolute Gasteiger partial charge is 0.419 e. The van der Waals surface area contributed by atoms with Crippen LogP contribution in [0.15, 0.2) is 27.4 Å². The molecule has 0 unspecified atom stereocenters. The molecule has 4 nitrogen and oxygen atoms in total. The maximum Gasteiger partial charge on any atom is 0.419 e. The molecule has 1 aromatic heterocycles. The van der Waals surface area contributed by atoms with E-state index in [4.69, 9.17) is 10.2 Å². The molecule has 0 spiro atoms. The molecule has 1 aliphatic rings. The van der Waals surface area contributed by atoms with Crippen molar-refractivity contribution in [3.63, 3.8) is 0 Å². The van der Waals surface area contributed by atoms with E-state index in [0.29, 0.717) is 17.5 Å². The average molecular weight is 246 g/mol. The Morgan fingerprint density at radius 2 is 2.00 bits per heavy atom. The summed E-state index contributed by atoms with van der Waals surface area (Å²) < 4.78 is 6.77. The number of hydrogen-bond donors (Lipinski definition) is 1. The van der Waals surface area contributed by atoms with Gasteiger partial charge in [-0.3, -0.25) is 4.57 Å². The Bertz CT molecular complexity index is 618. The van der Waals surface area contributed by atoms with Crippen LogP contribution in [-0.2, 0) is 7.05 Å². The number of rotatable bonds is 1. The molecule has 1 aromatic carbocycles. The van der Waals surface area contributed by atoms with Crippen molar-refractivity contribution in [3.05, 3.63) is 34.3 Å². The average Bonchev–Trinajstić information content (AvgIpc) is 2.65. The zero-order valence-corrected chi connectivity index (χ0v) is 10.6. The van der Waals surface area contributed by atoms with Crippen molar-refractivity contribution in [2.75, 3.05) is 0 Å². The molecule has 1 fully saturated rings. The summed E-state index contributed by atoms with van der Waals surface area (Å²) in [7, 11) is 1.73. The number of aromatic nitrogens is 1. The van der Waals surface area contributed by atoms with Crippen LogP contribution < -0.4 is 11.5 Å². The SMILES string of the molecule is Cn1c(=O)oc2cc(C3CCC(N)CC3)ccc21. The Kier molecular flexibility index (Phi) is 2.74. The molecule has 1 aliphatic carbocycles. The van der Waals surface area contributed by atoms with Gasteiger partial charge in [-0.05, 0) is 49.3 Å². The summed E-state index contributed by atoms with van der Waals surface area (Å²) in [6.07, 6.45) is 4.43. The lowest BCUT2D eigenvalue weighted by Crippen LogP contribution is -2.25. The minimum absolute atomic E-state index is 0.298. The Morgan fingerprint density at radius 1 is 1.28 bits per heavy atom. The first-order valence-corrected chi connectivity index (χ1v) is 6.50. The lowest BCUT2D eigenvalue weighted by atomic mass is 9.82. The predicted molar refractivity (Wildman–Crippen MR) is 70.6 cm³/mol. The number of benzene rings is 1. The first-order chi connectivity index (χ1) is 8.65. The highest BCUT2D eigenvalue weighted by atomic mass is 16.4. The predicted octanol–water partition coefficient (Wildman–Crippen LogP) is 2.12. The van der Waals surface area contributed by atoms with Crippen molar-refractivity contribution >= 4 is 11.1 Å². The zero-order chi connectivity index (χ0) is 12.7. The van der Waals surface area contributed by atoms with Crippen molar-refractivity contribution in [3.8, 4) is 0 Å². The Labute approximate surface area is 105 Å². The summed E-state index contributed by atoms with van der Waals surface area (Å²) in [4.78, 5) is 11.4. The maximum atomic E-state index is 11.4. The van der Waals surface area contributed by atoms with E-state index in [0.717, 1.165) is 31.2 Å². The monoisotopic (exact) mass is 246 g/mol. The Hall–Kier alpha value is -1.55. The van der Waals surface area contributed by atoms with Gasteiger partial charge in [0.1, 0.15) is 0 Å². The normalized spacial score (nSPS) is 24.6. The summed E-state index contributed by atoms with van der Waals surface area (Å²) in [6, 6.07) is 6.46. The van der Waals surface area contributed by atoms with Gasteiger partial charge in [0.05, 0.1) is 5.52 Å². The van der Waals surface area contributed by atoms with E-state index in [-0.39, 0.29) is 5.76 Å². The minimum Gasteiger partial charge on any atom is -0.408 e. The van der Waals surface area contributed by atoms with E-state index in [1.165, 1.54) is 10.1 Å². The van der Waals surface area contributed by atoms with Crippen molar-refractivity contribution < 1.29 is 4.42 Å². The second kappa shape index (κ2) is 4.28. The molecule has 0 aliphatic heterocycles. The van der Waals surface area contributed by atoms with E-state index < -0.39 is 0 Å². The fourth-order valence-corrected chi connectivity index (χ4v) is 2.86.